The number of ether oxygens (including phenoxy) is 1. The number of urea groups is 1. The Bertz CT molecular complexity index is 771. The SMILES string of the molecule is O=C(O)C1CCN(C(=O)NCc2cccc(OCc3ccccc3)c2)CC1. The molecule has 1 aliphatic heterocycles. The van der Waals surface area contributed by atoms with Gasteiger partial charge in [-0.25, -0.2) is 4.79 Å². The van der Waals surface area contributed by atoms with E-state index in [1.54, 1.807) is 4.90 Å². The molecule has 0 spiro atoms. The molecule has 1 fully saturated rings. The summed E-state index contributed by atoms with van der Waals surface area (Å²) in [7, 11) is 0. The molecule has 0 unspecified atom stereocenters. The zero-order valence-corrected chi connectivity index (χ0v) is 15.1. The van der Waals surface area contributed by atoms with Gasteiger partial charge >= 0.3 is 12.0 Å². The van der Waals surface area contributed by atoms with Gasteiger partial charge in [0, 0.05) is 19.6 Å². The first kappa shape index (κ1) is 18.8. The number of amides is 2. The standard InChI is InChI=1S/C21H24N2O4/c24-20(25)18-9-11-23(12-10-18)21(26)22-14-17-7-4-8-19(13-17)27-15-16-5-2-1-3-6-16/h1-8,13,18H,9-12,14-15H2,(H,22,26)(H,24,25). The van der Waals surface area contributed by atoms with Gasteiger partial charge in [0.2, 0.25) is 0 Å². The first-order valence-electron chi connectivity index (χ1n) is 9.13. The van der Waals surface area contributed by atoms with Crippen LogP contribution in [0, 0.1) is 5.92 Å². The van der Waals surface area contributed by atoms with E-state index in [4.69, 9.17) is 9.84 Å². The quantitative estimate of drug-likeness (QED) is 0.820. The Labute approximate surface area is 158 Å². The number of likely N-dealkylation sites (tertiary alicyclic amines) is 1. The van der Waals surface area contributed by atoms with Crippen LogP contribution in [-0.2, 0) is 17.9 Å². The van der Waals surface area contributed by atoms with E-state index in [9.17, 15) is 9.59 Å². The number of hydrogen-bond donors (Lipinski definition) is 2. The minimum absolute atomic E-state index is 0.158. The lowest BCUT2D eigenvalue weighted by Gasteiger charge is -2.30. The average Bonchev–Trinajstić information content (AvgIpc) is 2.71. The van der Waals surface area contributed by atoms with Gasteiger partial charge in [-0.3, -0.25) is 4.79 Å². The largest absolute Gasteiger partial charge is 0.489 e. The minimum atomic E-state index is -0.776. The van der Waals surface area contributed by atoms with Gasteiger partial charge < -0.3 is 20.1 Å². The number of carbonyl (C=O) groups is 2. The zero-order valence-electron chi connectivity index (χ0n) is 15.1. The first-order valence-corrected chi connectivity index (χ1v) is 9.13. The average molecular weight is 368 g/mol. The molecule has 6 heteroatoms. The van der Waals surface area contributed by atoms with Gasteiger partial charge in [-0.05, 0) is 36.1 Å². The molecule has 0 aromatic heterocycles. The van der Waals surface area contributed by atoms with Gasteiger partial charge in [-0.15, -0.1) is 0 Å². The number of hydrogen-bond acceptors (Lipinski definition) is 3. The van der Waals surface area contributed by atoms with E-state index in [0.717, 1.165) is 16.9 Å². The highest BCUT2D eigenvalue weighted by Gasteiger charge is 2.26. The van der Waals surface area contributed by atoms with Crippen molar-refractivity contribution in [2.45, 2.75) is 26.0 Å². The van der Waals surface area contributed by atoms with Crippen molar-refractivity contribution < 1.29 is 19.4 Å². The molecule has 1 saturated heterocycles. The Balaban J connectivity index is 1.47. The normalized spacial score (nSPS) is 14.6. The van der Waals surface area contributed by atoms with Crippen molar-refractivity contribution in [2.75, 3.05) is 13.1 Å². The maximum absolute atomic E-state index is 12.3. The van der Waals surface area contributed by atoms with Crippen molar-refractivity contribution in [1.29, 1.82) is 0 Å². The molecule has 2 aromatic carbocycles. The number of aliphatic carboxylic acids is 1. The molecule has 1 aliphatic rings. The minimum Gasteiger partial charge on any atom is -0.489 e. The molecule has 1 heterocycles. The summed E-state index contributed by atoms with van der Waals surface area (Å²) >= 11 is 0. The molecular weight excluding hydrogens is 344 g/mol. The number of piperidine rings is 1. The first-order chi connectivity index (χ1) is 13.1. The van der Waals surface area contributed by atoms with E-state index in [0.29, 0.717) is 39.1 Å². The van der Waals surface area contributed by atoms with E-state index < -0.39 is 5.97 Å². The van der Waals surface area contributed by atoms with Gasteiger partial charge in [0.15, 0.2) is 0 Å². The summed E-state index contributed by atoms with van der Waals surface area (Å²) in [6.07, 6.45) is 1.01. The molecule has 2 amide bonds. The lowest BCUT2D eigenvalue weighted by atomic mass is 9.97. The molecule has 0 radical (unpaired) electrons. The van der Waals surface area contributed by atoms with Crippen LogP contribution in [0.25, 0.3) is 0 Å². The Kier molecular flexibility index (Phi) is 6.30. The van der Waals surface area contributed by atoms with Crippen LogP contribution in [0.4, 0.5) is 4.79 Å². The van der Waals surface area contributed by atoms with Crippen LogP contribution in [0.15, 0.2) is 54.6 Å². The zero-order chi connectivity index (χ0) is 19.1. The Hall–Kier alpha value is -3.02. The third kappa shape index (κ3) is 5.48. The summed E-state index contributed by atoms with van der Waals surface area (Å²) in [4.78, 5) is 24.9. The highest BCUT2D eigenvalue weighted by Crippen LogP contribution is 2.18. The Morgan fingerprint density at radius 2 is 1.74 bits per heavy atom. The topological polar surface area (TPSA) is 78.9 Å². The third-order valence-electron chi connectivity index (χ3n) is 4.72. The molecule has 2 N–H and O–H groups in total. The predicted octanol–water partition coefficient (Wildman–Crippen LogP) is 3.27. The fraction of sp³-hybridized carbons (Fsp3) is 0.333. The lowest BCUT2D eigenvalue weighted by molar-refractivity contribution is -0.143. The van der Waals surface area contributed by atoms with Gasteiger partial charge in [0.05, 0.1) is 5.92 Å². The highest BCUT2D eigenvalue weighted by atomic mass is 16.5. The van der Waals surface area contributed by atoms with Gasteiger partial charge in [-0.2, -0.15) is 0 Å². The summed E-state index contributed by atoms with van der Waals surface area (Å²) in [6, 6.07) is 17.4. The van der Waals surface area contributed by atoms with Crippen LogP contribution >= 0.6 is 0 Å². The van der Waals surface area contributed by atoms with Crippen LogP contribution in [0.3, 0.4) is 0 Å². The summed E-state index contributed by atoms with van der Waals surface area (Å²) in [6.45, 7) is 1.85. The van der Waals surface area contributed by atoms with E-state index in [1.807, 2.05) is 54.6 Å². The van der Waals surface area contributed by atoms with Crippen molar-refractivity contribution in [2.24, 2.45) is 5.92 Å². The van der Waals surface area contributed by atoms with Crippen LogP contribution in [0.2, 0.25) is 0 Å². The van der Waals surface area contributed by atoms with Gasteiger partial charge in [0.25, 0.3) is 0 Å². The number of nitrogens with one attached hydrogen (secondary N) is 1. The Morgan fingerprint density at radius 1 is 1.04 bits per heavy atom. The van der Waals surface area contributed by atoms with Gasteiger partial charge in [0.1, 0.15) is 12.4 Å². The van der Waals surface area contributed by atoms with Crippen LogP contribution in [0.1, 0.15) is 24.0 Å². The second-order valence-electron chi connectivity index (χ2n) is 6.68. The van der Waals surface area contributed by atoms with E-state index in [1.165, 1.54) is 0 Å². The number of carboxylic acids is 1. The molecule has 0 saturated carbocycles. The molecule has 0 atom stereocenters. The Morgan fingerprint density at radius 3 is 2.44 bits per heavy atom. The molecule has 3 rings (SSSR count). The van der Waals surface area contributed by atoms with Gasteiger partial charge in [-0.1, -0.05) is 42.5 Å². The summed E-state index contributed by atoms with van der Waals surface area (Å²) in [5, 5.41) is 11.9. The van der Waals surface area contributed by atoms with E-state index in [-0.39, 0.29) is 11.9 Å². The molecule has 0 bridgehead atoms. The van der Waals surface area contributed by atoms with Crippen LogP contribution < -0.4 is 10.1 Å². The number of carbonyl (C=O) groups excluding carboxylic acids is 1. The summed E-state index contributed by atoms with van der Waals surface area (Å²) < 4.78 is 5.81. The number of benzene rings is 2. The van der Waals surface area contributed by atoms with E-state index >= 15 is 0 Å². The fourth-order valence-electron chi connectivity index (χ4n) is 3.11. The van der Waals surface area contributed by atoms with Crippen molar-refractivity contribution in [1.82, 2.24) is 10.2 Å². The van der Waals surface area contributed by atoms with Crippen molar-refractivity contribution in [3.63, 3.8) is 0 Å². The molecule has 27 heavy (non-hydrogen) atoms. The van der Waals surface area contributed by atoms with Crippen LogP contribution in [-0.4, -0.2) is 35.1 Å². The monoisotopic (exact) mass is 368 g/mol. The molecule has 142 valence electrons. The number of nitrogens with zero attached hydrogens (tertiary/aromatic N) is 1. The summed E-state index contributed by atoms with van der Waals surface area (Å²) in [5.41, 5.74) is 2.05. The molecular formula is C21H24N2O4. The second-order valence-corrected chi connectivity index (χ2v) is 6.68. The summed E-state index contributed by atoms with van der Waals surface area (Å²) in [5.74, 6) is -0.359. The maximum atomic E-state index is 12.3. The van der Waals surface area contributed by atoms with E-state index in [2.05, 4.69) is 5.32 Å². The predicted molar refractivity (Wildman–Crippen MR) is 101 cm³/mol. The lowest BCUT2D eigenvalue weighted by Crippen LogP contribution is -2.45. The van der Waals surface area contributed by atoms with Crippen molar-refractivity contribution >= 4 is 12.0 Å². The van der Waals surface area contributed by atoms with Crippen molar-refractivity contribution in [3.8, 4) is 5.75 Å². The van der Waals surface area contributed by atoms with Crippen molar-refractivity contribution in [3.05, 3.63) is 65.7 Å². The number of carboxylic acid groups (broad SMARTS) is 1. The van der Waals surface area contributed by atoms with Crippen LogP contribution in [0.5, 0.6) is 5.75 Å². The molecule has 0 aliphatic carbocycles. The number of rotatable bonds is 6. The molecule has 2 aromatic rings. The maximum Gasteiger partial charge on any atom is 0.317 e. The smallest absolute Gasteiger partial charge is 0.317 e. The highest BCUT2D eigenvalue weighted by molar-refractivity contribution is 5.75. The fourth-order valence-corrected chi connectivity index (χ4v) is 3.11. The molecule has 6 nitrogen and oxygen atoms in total. The third-order valence-corrected chi connectivity index (χ3v) is 4.72. The second kappa shape index (κ2) is 9.07.